The number of morpholine rings is 1. The summed E-state index contributed by atoms with van der Waals surface area (Å²) < 4.78 is 5.77. The maximum absolute atomic E-state index is 5.77. The maximum Gasteiger partial charge on any atom is 0.191 e. The maximum atomic E-state index is 5.77. The first kappa shape index (κ1) is 19.2. The molecule has 0 spiro atoms. The zero-order valence-electron chi connectivity index (χ0n) is 15.2. The van der Waals surface area contributed by atoms with Gasteiger partial charge in [-0.3, -0.25) is 9.89 Å². The lowest BCUT2D eigenvalue weighted by molar-refractivity contribution is -0.0679. The summed E-state index contributed by atoms with van der Waals surface area (Å²) in [4.78, 5) is 7.16. The molecule has 1 rings (SSSR count). The monoisotopic (exact) mass is 312 g/mol. The van der Waals surface area contributed by atoms with Crippen LogP contribution in [0, 0.1) is 5.92 Å². The van der Waals surface area contributed by atoms with Crippen molar-refractivity contribution in [3.63, 3.8) is 0 Å². The van der Waals surface area contributed by atoms with Crippen molar-refractivity contribution in [3.8, 4) is 0 Å². The van der Waals surface area contributed by atoms with Crippen LogP contribution >= 0.6 is 0 Å². The minimum atomic E-state index is 0.349. The molecule has 1 saturated heterocycles. The SMILES string of the molecule is CCNC(=NCCCN1CC(C)OC(C)C1)NCCC(C)C. The van der Waals surface area contributed by atoms with Crippen molar-refractivity contribution in [2.24, 2.45) is 10.9 Å². The van der Waals surface area contributed by atoms with Crippen LogP contribution in [0.25, 0.3) is 0 Å². The van der Waals surface area contributed by atoms with Gasteiger partial charge >= 0.3 is 0 Å². The van der Waals surface area contributed by atoms with Crippen LogP contribution < -0.4 is 10.6 Å². The predicted octanol–water partition coefficient (Wildman–Crippen LogP) is 2.09. The topological polar surface area (TPSA) is 48.9 Å². The van der Waals surface area contributed by atoms with E-state index in [4.69, 9.17) is 4.74 Å². The Morgan fingerprint density at radius 3 is 2.50 bits per heavy atom. The molecule has 0 radical (unpaired) electrons. The molecule has 0 aliphatic carbocycles. The summed E-state index contributed by atoms with van der Waals surface area (Å²) in [6.45, 7) is 16.9. The van der Waals surface area contributed by atoms with Crippen molar-refractivity contribution < 1.29 is 4.74 Å². The molecule has 2 N–H and O–H groups in total. The second-order valence-corrected chi connectivity index (χ2v) is 6.74. The molecule has 1 aliphatic rings. The van der Waals surface area contributed by atoms with Crippen LogP contribution in [-0.4, -0.2) is 62.3 Å². The van der Waals surface area contributed by atoms with Gasteiger partial charge in [-0.05, 0) is 39.5 Å². The highest BCUT2D eigenvalue weighted by Gasteiger charge is 2.21. The number of hydrogen-bond acceptors (Lipinski definition) is 3. The van der Waals surface area contributed by atoms with Crippen LogP contribution in [0.2, 0.25) is 0 Å². The van der Waals surface area contributed by atoms with E-state index >= 15 is 0 Å². The standard InChI is InChI=1S/C17H36N4O/c1-6-18-17(20-10-8-14(2)3)19-9-7-11-21-12-15(4)22-16(5)13-21/h14-16H,6-13H2,1-5H3,(H2,18,19,20). The second kappa shape index (κ2) is 10.8. The van der Waals surface area contributed by atoms with Gasteiger partial charge in [0.1, 0.15) is 0 Å². The molecule has 0 amide bonds. The zero-order valence-corrected chi connectivity index (χ0v) is 15.2. The first-order valence-corrected chi connectivity index (χ1v) is 8.91. The van der Waals surface area contributed by atoms with E-state index in [-0.39, 0.29) is 0 Å². The number of aliphatic imine (C=N–C) groups is 1. The molecule has 0 aromatic rings. The molecule has 2 atom stereocenters. The van der Waals surface area contributed by atoms with E-state index < -0.39 is 0 Å². The van der Waals surface area contributed by atoms with Gasteiger partial charge in [-0.15, -0.1) is 0 Å². The highest BCUT2D eigenvalue weighted by molar-refractivity contribution is 5.79. The molecule has 0 bridgehead atoms. The van der Waals surface area contributed by atoms with Gasteiger partial charge in [0.25, 0.3) is 0 Å². The molecule has 5 heteroatoms. The molecule has 5 nitrogen and oxygen atoms in total. The minimum Gasteiger partial charge on any atom is -0.373 e. The third kappa shape index (κ3) is 8.59. The molecule has 130 valence electrons. The summed E-state index contributed by atoms with van der Waals surface area (Å²) in [7, 11) is 0. The predicted molar refractivity (Wildman–Crippen MR) is 94.5 cm³/mol. The summed E-state index contributed by atoms with van der Waals surface area (Å²) in [6.07, 6.45) is 2.97. The van der Waals surface area contributed by atoms with Gasteiger partial charge in [-0.25, -0.2) is 0 Å². The highest BCUT2D eigenvalue weighted by Crippen LogP contribution is 2.10. The van der Waals surface area contributed by atoms with Gasteiger partial charge in [0.2, 0.25) is 0 Å². The summed E-state index contributed by atoms with van der Waals surface area (Å²) in [6, 6.07) is 0. The smallest absolute Gasteiger partial charge is 0.191 e. The van der Waals surface area contributed by atoms with Gasteiger partial charge in [-0.1, -0.05) is 13.8 Å². The molecule has 0 saturated carbocycles. The second-order valence-electron chi connectivity index (χ2n) is 6.74. The van der Waals surface area contributed by atoms with Crippen molar-refractivity contribution in [2.75, 3.05) is 39.3 Å². The highest BCUT2D eigenvalue weighted by atomic mass is 16.5. The molecule has 1 heterocycles. The summed E-state index contributed by atoms with van der Waals surface area (Å²) in [5.41, 5.74) is 0. The number of nitrogens with one attached hydrogen (secondary N) is 2. The lowest BCUT2D eigenvalue weighted by Crippen LogP contribution is -2.45. The number of ether oxygens (including phenoxy) is 1. The molecule has 0 aromatic carbocycles. The summed E-state index contributed by atoms with van der Waals surface area (Å²) in [5.74, 6) is 1.67. The quantitative estimate of drug-likeness (QED) is 0.409. The summed E-state index contributed by atoms with van der Waals surface area (Å²) >= 11 is 0. The summed E-state index contributed by atoms with van der Waals surface area (Å²) in [5, 5.41) is 6.72. The zero-order chi connectivity index (χ0) is 16.4. The molecule has 22 heavy (non-hydrogen) atoms. The number of nitrogens with zero attached hydrogens (tertiary/aromatic N) is 2. The molecular weight excluding hydrogens is 276 g/mol. The van der Waals surface area contributed by atoms with E-state index in [1.807, 2.05) is 0 Å². The van der Waals surface area contributed by atoms with Gasteiger partial charge < -0.3 is 15.4 Å². The Balaban J connectivity index is 2.24. The first-order valence-electron chi connectivity index (χ1n) is 8.91. The molecule has 0 aromatic heterocycles. The van der Waals surface area contributed by atoms with E-state index in [9.17, 15) is 0 Å². The van der Waals surface area contributed by atoms with Crippen molar-refractivity contribution >= 4 is 5.96 Å². The fourth-order valence-corrected chi connectivity index (χ4v) is 2.77. The Morgan fingerprint density at radius 2 is 1.91 bits per heavy atom. The number of hydrogen-bond donors (Lipinski definition) is 2. The first-order chi connectivity index (χ1) is 10.5. The number of rotatable bonds is 8. The van der Waals surface area contributed by atoms with Crippen molar-refractivity contribution in [1.82, 2.24) is 15.5 Å². The van der Waals surface area contributed by atoms with E-state index in [0.29, 0.717) is 12.2 Å². The van der Waals surface area contributed by atoms with Gasteiger partial charge in [0, 0.05) is 39.3 Å². The van der Waals surface area contributed by atoms with Crippen LogP contribution in [0.3, 0.4) is 0 Å². The van der Waals surface area contributed by atoms with E-state index in [0.717, 1.165) is 57.6 Å². The molecule has 1 fully saturated rings. The van der Waals surface area contributed by atoms with Gasteiger partial charge in [0.15, 0.2) is 5.96 Å². The third-order valence-electron chi connectivity index (χ3n) is 3.76. The van der Waals surface area contributed by atoms with Crippen LogP contribution in [0.15, 0.2) is 4.99 Å². The lowest BCUT2D eigenvalue weighted by Gasteiger charge is -2.35. The molecular formula is C17H36N4O. The van der Waals surface area contributed by atoms with E-state index in [2.05, 4.69) is 55.1 Å². The van der Waals surface area contributed by atoms with Crippen LogP contribution in [-0.2, 0) is 4.74 Å². The Bertz CT molecular complexity index is 310. The van der Waals surface area contributed by atoms with Gasteiger partial charge in [0.05, 0.1) is 12.2 Å². The Kier molecular flexibility index (Phi) is 9.48. The van der Waals surface area contributed by atoms with Crippen LogP contribution in [0.1, 0.15) is 47.5 Å². The van der Waals surface area contributed by atoms with Crippen molar-refractivity contribution in [2.45, 2.75) is 59.7 Å². The van der Waals surface area contributed by atoms with Crippen molar-refractivity contribution in [1.29, 1.82) is 0 Å². The van der Waals surface area contributed by atoms with Crippen LogP contribution in [0.5, 0.6) is 0 Å². The Hall–Kier alpha value is -0.810. The molecule has 1 aliphatic heterocycles. The van der Waals surface area contributed by atoms with Crippen molar-refractivity contribution in [3.05, 3.63) is 0 Å². The Labute approximate surface area is 136 Å². The van der Waals surface area contributed by atoms with Gasteiger partial charge in [-0.2, -0.15) is 0 Å². The fraction of sp³-hybridized carbons (Fsp3) is 0.941. The van der Waals surface area contributed by atoms with E-state index in [1.165, 1.54) is 6.42 Å². The van der Waals surface area contributed by atoms with E-state index in [1.54, 1.807) is 0 Å². The average molecular weight is 313 g/mol. The largest absolute Gasteiger partial charge is 0.373 e. The lowest BCUT2D eigenvalue weighted by atomic mass is 10.1. The minimum absolute atomic E-state index is 0.349. The van der Waals surface area contributed by atoms with Crippen LogP contribution in [0.4, 0.5) is 0 Å². The average Bonchev–Trinajstić information content (AvgIpc) is 2.42. The fourth-order valence-electron chi connectivity index (χ4n) is 2.77. The third-order valence-corrected chi connectivity index (χ3v) is 3.76. The Morgan fingerprint density at radius 1 is 1.23 bits per heavy atom. The molecule has 2 unspecified atom stereocenters. The number of guanidine groups is 1. The normalized spacial score (nSPS) is 23.8.